The molecule has 1 fully saturated rings. The standard InChI is InChI=1S/C24H30N6O3/c1-16-27-21(33-4)22(28(16)3)30(23(31)32)13-18-6-5-9-24(2,11-18)14-29-15-26-19-8-7-17(12-25)10-20(19)29/h7-8,10,15,18H,5-6,9,11,13-14H2,1-4H3,(H,31,32). The van der Waals surface area contributed by atoms with E-state index in [1.807, 2.05) is 25.4 Å². The summed E-state index contributed by atoms with van der Waals surface area (Å²) in [5.74, 6) is 1.71. The maximum Gasteiger partial charge on any atom is 0.413 e. The highest BCUT2D eigenvalue weighted by Gasteiger charge is 2.36. The van der Waals surface area contributed by atoms with Crippen LogP contribution in [-0.4, -0.2) is 44.0 Å². The molecule has 2 atom stereocenters. The van der Waals surface area contributed by atoms with Gasteiger partial charge in [0.25, 0.3) is 5.88 Å². The summed E-state index contributed by atoms with van der Waals surface area (Å²) >= 11 is 0. The molecule has 3 aromatic rings. The Morgan fingerprint density at radius 2 is 2.24 bits per heavy atom. The van der Waals surface area contributed by atoms with Crippen molar-refractivity contribution in [1.29, 1.82) is 5.26 Å². The summed E-state index contributed by atoms with van der Waals surface area (Å²) in [6.07, 6.45) is 4.80. The Hall–Kier alpha value is -3.54. The second-order valence-corrected chi connectivity index (χ2v) is 9.40. The Labute approximate surface area is 193 Å². The number of hydrogen-bond acceptors (Lipinski definition) is 5. The number of imidazole rings is 2. The van der Waals surface area contributed by atoms with Crippen molar-refractivity contribution in [3.8, 4) is 11.9 Å². The number of nitrogens with zero attached hydrogens (tertiary/aromatic N) is 6. The number of fused-ring (bicyclic) bond motifs is 1. The minimum atomic E-state index is -1.01. The molecule has 1 amide bonds. The van der Waals surface area contributed by atoms with E-state index in [0.717, 1.165) is 43.3 Å². The van der Waals surface area contributed by atoms with Crippen molar-refractivity contribution in [3.05, 3.63) is 35.9 Å². The fourth-order valence-electron chi connectivity index (χ4n) is 5.20. The van der Waals surface area contributed by atoms with Crippen molar-refractivity contribution >= 4 is 22.9 Å². The molecule has 1 aromatic carbocycles. The molecule has 0 radical (unpaired) electrons. The molecule has 9 heteroatoms. The fourth-order valence-corrected chi connectivity index (χ4v) is 5.20. The second-order valence-electron chi connectivity index (χ2n) is 9.40. The third-order valence-corrected chi connectivity index (χ3v) is 6.85. The zero-order chi connectivity index (χ0) is 23.8. The number of carbonyl (C=O) groups is 1. The molecule has 2 aromatic heterocycles. The highest BCUT2D eigenvalue weighted by atomic mass is 16.5. The van der Waals surface area contributed by atoms with E-state index in [2.05, 4.69) is 27.5 Å². The maximum atomic E-state index is 12.2. The predicted molar refractivity (Wildman–Crippen MR) is 124 cm³/mol. The van der Waals surface area contributed by atoms with Crippen molar-refractivity contribution in [3.63, 3.8) is 0 Å². The average molecular weight is 451 g/mol. The first kappa shape index (κ1) is 22.6. The number of anilines is 1. The number of aromatic nitrogens is 4. The predicted octanol–water partition coefficient (Wildman–Crippen LogP) is 4.34. The Balaban J connectivity index is 1.55. The Bertz CT molecular complexity index is 1220. The lowest BCUT2D eigenvalue weighted by atomic mass is 9.70. The monoisotopic (exact) mass is 450 g/mol. The van der Waals surface area contributed by atoms with Gasteiger partial charge in [0.2, 0.25) is 0 Å². The summed E-state index contributed by atoms with van der Waals surface area (Å²) < 4.78 is 9.26. The van der Waals surface area contributed by atoms with E-state index in [1.54, 1.807) is 17.7 Å². The van der Waals surface area contributed by atoms with Crippen LogP contribution < -0.4 is 9.64 Å². The second kappa shape index (κ2) is 8.77. The Morgan fingerprint density at radius 1 is 1.45 bits per heavy atom. The zero-order valence-electron chi connectivity index (χ0n) is 19.6. The molecule has 1 N–H and O–H groups in total. The first-order valence-corrected chi connectivity index (χ1v) is 11.2. The minimum absolute atomic E-state index is 0.00414. The number of nitriles is 1. The van der Waals surface area contributed by atoms with Crippen LogP contribution in [0.1, 0.15) is 44.0 Å². The van der Waals surface area contributed by atoms with Crippen LogP contribution in [0.4, 0.5) is 10.6 Å². The van der Waals surface area contributed by atoms with E-state index in [-0.39, 0.29) is 11.3 Å². The molecule has 2 unspecified atom stereocenters. The van der Waals surface area contributed by atoms with Gasteiger partial charge in [-0.05, 0) is 55.7 Å². The van der Waals surface area contributed by atoms with Gasteiger partial charge in [-0.2, -0.15) is 10.2 Å². The van der Waals surface area contributed by atoms with E-state index in [9.17, 15) is 15.2 Å². The molecule has 0 spiro atoms. The van der Waals surface area contributed by atoms with Gasteiger partial charge in [0.15, 0.2) is 5.82 Å². The van der Waals surface area contributed by atoms with Crippen LogP contribution in [0.2, 0.25) is 0 Å². The number of carboxylic acid groups (broad SMARTS) is 1. The number of ether oxygens (including phenoxy) is 1. The van der Waals surface area contributed by atoms with Gasteiger partial charge in [0.05, 0.1) is 36.1 Å². The molecule has 1 saturated carbocycles. The van der Waals surface area contributed by atoms with Gasteiger partial charge in [-0.15, -0.1) is 0 Å². The Kier molecular flexibility index (Phi) is 6.02. The summed E-state index contributed by atoms with van der Waals surface area (Å²) in [5.41, 5.74) is 2.45. The summed E-state index contributed by atoms with van der Waals surface area (Å²) in [4.78, 5) is 22.4. The lowest BCUT2D eigenvalue weighted by Gasteiger charge is -2.40. The molecule has 33 heavy (non-hydrogen) atoms. The largest absolute Gasteiger partial charge is 0.478 e. The van der Waals surface area contributed by atoms with Gasteiger partial charge in [-0.1, -0.05) is 13.3 Å². The molecule has 4 rings (SSSR count). The van der Waals surface area contributed by atoms with Crippen LogP contribution in [-0.2, 0) is 13.6 Å². The molecular weight excluding hydrogens is 420 g/mol. The fraction of sp³-hybridized carbons (Fsp3) is 0.500. The number of benzene rings is 1. The van der Waals surface area contributed by atoms with Crippen molar-refractivity contribution in [2.24, 2.45) is 18.4 Å². The third-order valence-electron chi connectivity index (χ3n) is 6.85. The van der Waals surface area contributed by atoms with Crippen molar-refractivity contribution < 1.29 is 14.6 Å². The highest BCUT2D eigenvalue weighted by molar-refractivity contribution is 5.86. The molecular formula is C24H30N6O3. The van der Waals surface area contributed by atoms with Crippen molar-refractivity contribution in [2.75, 3.05) is 18.6 Å². The highest BCUT2D eigenvalue weighted by Crippen LogP contribution is 2.42. The van der Waals surface area contributed by atoms with Gasteiger partial charge in [-0.25, -0.2) is 9.78 Å². The average Bonchev–Trinajstić information content (AvgIpc) is 3.31. The van der Waals surface area contributed by atoms with Crippen LogP contribution in [0.15, 0.2) is 24.5 Å². The lowest BCUT2D eigenvalue weighted by Crippen LogP contribution is -2.40. The van der Waals surface area contributed by atoms with Crippen LogP contribution in [0.3, 0.4) is 0 Å². The van der Waals surface area contributed by atoms with Crippen molar-refractivity contribution in [2.45, 2.75) is 46.1 Å². The number of rotatable bonds is 6. The van der Waals surface area contributed by atoms with Crippen LogP contribution in [0, 0.1) is 29.6 Å². The number of hydrogen-bond donors (Lipinski definition) is 1. The third kappa shape index (κ3) is 4.38. The normalized spacial score (nSPS) is 20.5. The number of methoxy groups -OCH3 is 1. The van der Waals surface area contributed by atoms with E-state index >= 15 is 0 Å². The van der Waals surface area contributed by atoms with Gasteiger partial charge in [0, 0.05) is 20.1 Å². The van der Waals surface area contributed by atoms with Crippen LogP contribution >= 0.6 is 0 Å². The smallest absolute Gasteiger partial charge is 0.413 e. The van der Waals surface area contributed by atoms with Crippen molar-refractivity contribution in [1.82, 2.24) is 19.1 Å². The molecule has 1 aliphatic rings. The number of aryl methyl sites for hydroxylation is 1. The first-order chi connectivity index (χ1) is 15.7. The van der Waals surface area contributed by atoms with Gasteiger partial charge in [0.1, 0.15) is 5.82 Å². The number of amides is 1. The molecule has 0 saturated heterocycles. The molecule has 1 aliphatic carbocycles. The van der Waals surface area contributed by atoms with Crippen LogP contribution in [0.25, 0.3) is 11.0 Å². The van der Waals surface area contributed by atoms with Gasteiger partial charge < -0.3 is 19.0 Å². The molecule has 174 valence electrons. The molecule has 2 heterocycles. The summed E-state index contributed by atoms with van der Waals surface area (Å²) in [6, 6.07) is 7.75. The SMILES string of the molecule is COc1nc(C)n(C)c1N(CC1CCCC(C)(Cn2cnc3ccc(C#N)cc32)C1)C(=O)O. The van der Waals surface area contributed by atoms with Crippen LogP contribution in [0.5, 0.6) is 5.88 Å². The van der Waals surface area contributed by atoms with Gasteiger partial charge in [-0.3, -0.25) is 4.90 Å². The van der Waals surface area contributed by atoms with E-state index < -0.39 is 6.09 Å². The lowest BCUT2D eigenvalue weighted by molar-refractivity contribution is 0.136. The summed E-state index contributed by atoms with van der Waals surface area (Å²) in [7, 11) is 3.32. The zero-order valence-corrected chi connectivity index (χ0v) is 19.6. The van der Waals surface area contributed by atoms with E-state index in [0.29, 0.717) is 29.6 Å². The molecule has 0 bridgehead atoms. The van der Waals surface area contributed by atoms with E-state index in [4.69, 9.17) is 4.74 Å². The van der Waals surface area contributed by atoms with E-state index in [1.165, 1.54) is 12.0 Å². The van der Waals surface area contributed by atoms with Gasteiger partial charge >= 0.3 is 6.09 Å². The maximum absolute atomic E-state index is 12.2. The summed E-state index contributed by atoms with van der Waals surface area (Å²) in [6.45, 7) is 5.26. The topological polar surface area (TPSA) is 109 Å². The Morgan fingerprint density at radius 3 is 2.94 bits per heavy atom. The first-order valence-electron chi connectivity index (χ1n) is 11.2. The molecule has 9 nitrogen and oxygen atoms in total. The summed E-state index contributed by atoms with van der Waals surface area (Å²) in [5, 5.41) is 19.3. The quantitative estimate of drug-likeness (QED) is 0.598. The molecule has 0 aliphatic heterocycles. The minimum Gasteiger partial charge on any atom is -0.478 e.